The molecular formula is C25H20F6O3. The molecule has 0 fully saturated rings. The molecule has 34 heavy (non-hydrogen) atoms. The highest BCUT2D eigenvalue weighted by molar-refractivity contribution is 5.78. The minimum atomic E-state index is -4.81. The van der Waals surface area contributed by atoms with Crippen LogP contribution in [-0.2, 0) is 11.0 Å². The summed E-state index contributed by atoms with van der Waals surface area (Å²) >= 11 is 0. The maximum atomic E-state index is 14.0. The summed E-state index contributed by atoms with van der Waals surface area (Å²) < 4.78 is 86.4. The summed E-state index contributed by atoms with van der Waals surface area (Å²) in [5, 5.41) is 9.74. The van der Waals surface area contributed by atoms with Crippen molar-refractivity contribution >= 4 is 5.97 Å². The SMILES string of the molecule is CC(C)CC(C(=O)O)c1cc(Oc2cc(F)cc(F)c2)cc(-c2cc(F)cc(C(F)(F)F)c2)c1. The van der Waals surface area contributed by atoms with E-state index < -0.39 is 41.1 Å². The molecule has 1 atom stereocenters. The highest BCUT2D eigenvalue weighted by Crippen LogP contribution is 2.37. The summed E-state index contributed by atoms with van der Waals surface area (Å²) in [5.41, 5.74) is -1.16. The van der Waals surface area contributed by atoms with E-state index in [2.05, 4.69) is 0 Å². The zero-order chi connectivity index (χ0) is 25.2. The van der Waals surface area contributed by atoms with Crippen molar-refractivity contribution in [3.8, 4) is 22.6 Å². The third kappa shape index (κ3) is 6.30. The van der Waals surface area contributed by atoms with Crippen LogP contribution < -0.4 is 4.74 Å². The lowest BCUT2D eigenvalue weighted by atomic mass is 9.88. The maximum Gasteiger partial charge on any atom is 0.416 e. The predicted octanol–water partition coefficient (Wildman–Crippen LogP) is 7.80. The molecule has 1 N–H and O–H groups in total. The molecule has 180 valence electrons. The molecule has 9 heteroatoms. The van der Waals surface area contributed by atoms with Crippen LogP contribution in [0.15, 0.2) is 54.6 Å². The molecular weight excluding hydrogens is 462 g/mol. The van der Waals surface area contributed by atoms with Gasteiger partial charge in [0.25, 0.3) is 0 Å². The fourth-order valence-corrected chi connectivity index (χ4v) is 3.54. The number of carbonyl (C=O) groups is 1. The summed E-state index contributed by atoms with van der Waals surface area (Å²) in [6, 6.07) is 8.28. The Labute approximate surface area is 191 Å². The predicted molar refractivity (Wildman–Crippen MR) is 113 cm³/mol. The van der Waals surface area contributed by atoms with E-state index >= 15 is 0 Å². The number of halogens is 6. The fourth-order valence-electron chi connectivity index (χ4n) is 3.54. The van der Waals surface area contributed by atoms with Gasteiger partial charge in [-0.25, -0.2) is 13.2 Å². The molecule has 0 bridgehead atoms. The lowest BCUT2D eigenvalue weighted by Crippen LogP contribution is -2.14. The van der Waals surface area contributed by atoms with Crippen LogP contribution in [0.2, 0.25) is 0 Å². The normalized spacial score (nSPS) is 12.6. The molecule has 0 spiro atoms. The molecule has 0 heterocycles. The Kier molecular flexibility index (Phi) is 7.24. The van der Waals surface area contributed by atoms with E-state index in [0.29, 0.717) is 12.1 Å². The van der Waals surface area contributed by atoms with Crippen LogP contribution in [0.25, 0.3) is 11.1 Å². The quantitative estimate of drug-likeness (QED) is 0.350. The molecule has 3 rings (SSSR count). The van der Waals surface area contributed by atoms with Gasteiger partial charge in [0.1, 0.15) is 29.0 Å². The minimum absolute atomic E-state index is 0.0440. The first kappa shape index (κ1) is 25.1. The summed E-state index contributed by atoms with van der Waals surface area (Å²) in [6.07, 6.45) is -4.61. The third-order valence-electron chi connectivity index (χ3n) is 4.97. The number of hydrogen-bond acceptors (Lipinski definition) is 2. The van der Waals surface area contributed by atoms with Crippen molar-refractivity contribution in [2.75, 3.05) is 0 Å². The third-order valence-corrected chi connectivity index (χ3v) is 4.97. The lowest BCUT2D eigenvalue weighted by Gasteiger charge is -2.18. The number of benzene rings is 3. The van der Waals surface area contributed by atoms with Crippen LogP contribution in [0.4, 0.5) is 26.3 Å². The van der Waals surface area contributed by atoms with Crippen molar-refractivity contribution in [3.05, 3.63) is 83.2 Å². The van der Waals surface area contributed by atoms with Crippen LogP contribution in [0.3, 0.4) is 0 Å². The van der Waals surface area contributed by atoms with Crippen molar-refractivity contribution in [3.63, 3.8) is 0 Å². The second-order valence-electron chi connectivity index (χ2n) is 8.24. The van der Waals surface area contributed by atoms with Crippen molar-refractivity contribution in [2.24, 2.45) is 5.92 Å². The van der Waals surface area contributed by atoms with Crippen LogP contribution in [0.1, 0.15) is 37.3 Å². The average Bonchev–Trinajstić information content (AvgIpc) is 2.69. The molecule has 3 aromatic carbocycles. The molecule has 0 saturated carbocycles. The van der Waals surface area contributed by atoms with E-state index in [1.54, 1.807) is 13.8 Å². The fraction of sp³-hybridized carbons (Fsp3) is 0.240. The van der Waals surface area contributed by atoms with E-state index in [1.165, 1.54) is 18.2 Å². The Morgan fingerprint density at radius 1 is 0.824 bits per heavy atom. The van der Waals surface area contributed by atoms with Crippen molar-refractivity contribution in [1.29, 1.82) is 0 Å². The molecule has 0 aromatic heterocycles. The van der Waals surface area contributed by atoms with Crippen LogP contribution in [0.5, 0.6) is 11.5 Å². The van der Waals surface area contributed by atoms with Gasteiger partial charge in [-0.05, 0) is 59.4 Å². The molecule has 1 unspecified atom stereocenters. The smallest absolute Gasteiger partial charge is 0.416 e. The molecule has 0 aliphatic heterocycles. The molecule has 0 aliphatic rings. The van der Waals surface area contributed by atoms with Crippen molar-refractivity contribution < 1.29 is 41.0 Å². The summed E-state index contributed by atoms with van der Waals surface area (Å²) in [4.78, 5) is 11.9. The number of aliphatic carboxylic acids is 1. The number of ether oxygens (including phenoxy) is 1. The van der Waals surface area contributed by atoms with E-state index in [0.717, 1.165) is 24.3 Å². The Balaban J connectivity index is 2.18. The zero-order valence-corrected chi connectivity index (χ0v) is 18.1. The first-order valence-corrected chi connectivity index (χ1v) is 10.2. The number of carboxylic acid groups (broad SMARTS) is 1. The zero-order valence-electron chi connectivity index (χ0n) is 18.1. The highest BCUT2D eigenvalue weighted by Gasteiger charge is 2.31. The molecule has 3 nitrogen and oxygen atoms in total. The maximum absolute atomic E-state index is 14.0. The highest BCUT2D eigenvalue weighted by atomic mass is 19.4. The second kappa shape index (κ2) is 9.79. The van der Waals surface area contributed by atoms with E-state index in [-0.39, 0.29) is 40.5 Å². The van der Waals surface area contributed by atoms with Gasteiger partial charge in [0.2, 0.25) is 0 Å². The van der Waals surface area contributed by atoms with Gasteiger partial charge >= 0.3 is 12.1 Å². The second-order valence-corrected chi connectivity index (χ2v) is 8.24. The first-order chi connectivity index (χ1) is 15.8. The molecule has 3 aromatic rings. The van der Waals surface area contributed by atoms with Gasteiger partial charge in [0.05, 0.1) is 11.5 Å². The lowest BCUT2D eigenvalue weighted by molar-refractivity contribution is -0.139. The summed E-state index contributed by atoms with van der Waals surface area (Å²) in [6.45, 7) is 3.60. The van der Waals surface area contributed by atoms with Crippen LogP contribution >= 0.6 is 0 Å². The molecule has 0 saturated heterocycles. The topological polar surface area (TPSA) is 46.5 Å². The van der Waals surface area contributed by atoms with Crippen LogP contribution in [-0.4, -0.2) is 11.1 Å². The van der Waals surface area contributed by atoms with E-state index in [9.17, 15) is 36.2 Å². The summed E-state index contributed by atoms with van der Waals surface area (Å²) in [7, 11) is 0. The summed E-state index contributed by atoms with van der Waals surface area (Å²) in [5.74, 6) is -5.58. The Hall–Kier alpha value is -3.49. The van der Waals surface area contributed by atoms with Crippen molar-refractivity contribution in [1.82, 2.24) is 0 Å². The molecule has 0 amide bonds. The number of carboxylic acids is 1. The Morgan fingerprint density at radius 3 is 1.94 bits per heavy atom. The largest absolute Gasteiger partial charge is 0.481 e. The van der Waals surface area contributed by atoms with Gasteiger partial charge in [-0.1, -0.05) is 19.9 Å². The standard InChI is InChI=1S/C25H20F6O3/c1-13(2)3-23(24(32)33)16-4-14(15-5-17(25(29,30)31)9-18(26)6-15)7-21(8-16)34-22-11-19(27)10-20(28)12-22/h4-13,23H,3H2,1-2H3,(H,32,33). The van der Waals surface area contributed by atoms with E-state index in [1.807, 2.05) is 0 Å². The van der Waals surface area contributed by atoms with Gasteiger partial charge < -0.3 is 9.84 Å². The Bertz CT molecular complexity index is 1180. The first-order valence-electron chi connectivity index (χ1n) is 10.2. The van der Waals surface area contributed by atoms with Gasteiger partial charge in [-0.15, -0.1) is 0 Å². The monoisotopic (exact) mass is 482 g/mol. The van der Waals surface area contributed by atoms with Gasteiger partial charge in [-0.3, -0.25) is 4.79 Å². The Morgan fingerprint density at radius 2 is 1.38 bits per heavy atom. The van der Waals surface area contributed by atoms with Crippen LogP contribution in [0, 0.1) is 23.4 Å². The number of hydrogen-bond donors (Lipinski definition) is 1. The molecule has 0 aliphatic carbocycles. The van der Waals surface area contributed by atoms with Gasteiger partial charge in [-0.2, -0.15) is 13.2 Å². The van der Waals surface area contributed by atoms with E-state index in [4.69, 9.17) is 4.74 Å². The minimum Gasteiger partial charge on any atom is -0.481 e. The van der Waals surface area contributed by atoms with Gasteiger partial charge in [0, 0.05) is 18.2 Å². The van der Waals surface area contributed by atoms with Crippen molar-refractivity contribution in [2.45, 2.75) is 32.4 Å². The number of alkyl halides is 3. The molecule has 0 radical (unpaired) electrons. The number of rotatable bonds is 7. The van der Waals surface area contributed by atoms with Gasteiger partial charge in [0.15, 0.2) is 0 Å². The average molecular weight is 482 g/mol.